The van der Waals surface area contributed by atoms with Crippen molar-refractivity contribution in [2.45, 2.75) is 25.5 Å². The lowest BCUT2D eigenvalue weighted by atomic mass is 9.83. The Balaban J connectivity index is 1.34. The molecule has 0 radical (unpaired) electrons. The monoisotopic (exact) mass is 823 g/mol. The zero-order valence-electron chi connectivity index (χ0n) is 23.1. The van der Waals surface area contributed by atoms with Crippen LogP contribution in [0.15, 0.2) is 106 Å². The van der Waals surface area contributed by atoms with Gasteiger partial charge in [0.2, 0.25) is 0 Å². The van der Waals surface area contributed by atoms with Crippen molar-refractivity contribution in [3.63, 3.8) is 0 Å². The number of hydrogen-bond donors (Lipinski definition) is 0. The first-order valence-corrected chi connectivity index (χ1v) is 16.9. The Labute approximate surface area is 283 Å². The standard InChI is InChI=1S/C34H23I2N3O4S/c35-27-15-21(16-28(36)32(27)43-19-20-7-2-1-3-8-20)17-29-33(40)38-31(23-10-6-11-24(18-23)39(41)42)26-14-13-22-9-4-5-12-25(22)30(26)37-34(38)44-29/h1-12,15-18,31H,13-14,19H2/b29-17+/t31-/m0/s1. The Bertz CT molecular complexity index is 2150. The zero-order valence-corrected chi connectivity index (χ0v) is 28.2. The summed E-state index contributed by atoms with van der Waals surface area (Å²) < 4.78 is 10.3. The van der Waals surface area contributed by atoms with Crippen LogP contribution in [0.4, 0.5) is 5.69 Å². The fourth-order valence-corrected chi connectivity index (χ4v) is 8.94. The summed E-state index contributed by atoms with van der Waals surface area (Å²) in [4.78, 5) is 31.1. The number of aryl methyl sites for hydroxylation is 1. The minimum Gasteiger partial charge on any atom is -0.487 e. The van der Waals surface area contributed by atoms with Crippen molar-refractivity contribution < 1.29 is 9.66 Å². The molecule has 0 amide bonds. The predicted molar refractivity (Wildman–Crippen MR) is 188 cm³/mol. The third-order valence-electron chi connectivity index (χ3n) is 7.81. The topological polar surface area (TPSA) is 86.7 Å². The van der Waals surface area contributed by atoms with E-state index in [1.807, 2.05) is 66.7 Å². The number of hydrogen-bond acceptors (Lipinski definition) is 6. The summed E-state index contributed by atoms with van der Waals surface area (Å²) in [5.41, 5.74) is 6.65. The minimum atomic E-state index is -0.481. The van der Waals surface area contributed by atoms with E-state index in [9.17, 15) is 14.9 Å². The Morgan fingerprint density at radius 2 is 1.73 bits per heavy atom. The van der Waals surface area contributed by atoms with E-state index in [-0.39, 0.29) is 11.2 Å². The van der Waals surface area contributed by atoms with Gasteiger partial charge in [-0.15, -0.1) is 0 Å². The van der Waals surface area contributed by atoms with Crippen LogP contribution in [0.5, 0.6) is 5.75 Å². The van der Waals surface area contributed by atoms with Gasteiger partial charge in [0.1, 0.15) is 12.4 Å². The lowest BCUT2D eigenvalue weighted by Gasteiger charge is -2.30. The highest BCUT2D eigenvalue weighted by Crippen LogP contribution is 2.41. The molecule has 44 heavy (non-hydrogen) atoms. The summed E-state index contributed by atoms with van der Waals surface area (Å²) in [6, 6.07) is 28.4. The van der Waals surface area contributed by atoms with Gasteiger partial charge in [-0.3, -0.25) is 19.5 Å². The number of ether oxygens (including phenoxy) is 1. The fraction of sp³-hybridized carbons (Fsp3) is 0.118. The number of allylic oxidation sites excluding steroid dienone is 1. The first-order chi connectivity index (χ1) is 21.4. The number of halogens is 2. The maximum Gasteiger partial charge on any atom is 0.271 e. The molecule has 1 aliphatic carbocycles. The van der Waals surface area contributed by atoms with Crippen molar-refractivity contribution in [2.75, 3.05) is 0 Å². The Morgan fingerprint density at radius 1 is 0.977 bits per heavy atom. The number of rotatable bonds is 6. The number of nitro groups is 1. The summed E-state index contributed by atoms with van der Waals surface area (Å²) in [7, 11) is 0. The van der Waals surface area contributed by atoms with Crippen molar-refractivity contribution in [3.8, 4) is 5.75 Å². The second-order valence-corrected chi connectivity index (χ2v) is 13.9. The molecule has 1 aromatic heterocycles. The quantitative estimate of drug-likeness (QED) is 0.105. The van der Waals surface area contributed by atoms with Gasteiger partial charge in [0.15, 0.2) is 4.80 Å². The molecule has 2 heterocycles. The number of fused-ring (bicyclic) bond motifs is 3. The van der Waals surface area contributed by atoms with Gasteiger partial charge < -0.3 is 4.74 Å². The van der Waals surface area contributed by atoms with E-state index in [0.29, 0.717) is 27.9 Å². The molecule has 0 saturated carbocycles. The molecule has 0 N–H and O–H groups in total. The number of non-ortho nitro benzene ring substituents is 1. The van der Waals surface area contributed by atoms with Gasteiger partial charge in [-0.05, 0) is 104 Å². The van der Waals surface area contributed by atoms with Crippen LogP contribution in [0.2, 0.25) is 0 Å². The molecule has 7 rings (SSSR count). The fourth-order valence-electron chi connectivity index (χ4n) is 5.81. The Kier molecular flexibility index (Phi) is 7.97. The lowest BCUT2D eigenvalue weighted by molar-refractivity contribution is -0.384. The molecule has 1 aliphatic heterocycles. The van der Waals surface area contributed by atoms with Gasteiger partial charge >= 0.3 is 0 Å². The molecule has 0 bridgehead atoms. The van der Waals surface area contributed by atoms with E-state index in [1.165, 1.54) is 23.0 Å². The molecular weight excluding hydrogens is 800 g/mol. The van der Waals surface area contributed by atoms with Gasteiger partial charge in [0, 0.05) is 17.7 Å². The molecule has 0 unspecified atom stereocenters. The van der Waals surface area contributed by atoms with Crippen LogP contribution in [0, 0.1) is 17.3 Å². The second kappa shape index (κ2) is 12.1. The number of thiazole rings is 1. The maximum absolute atomic E-state index is 14.1. The third-order valence-corrected chi connectivity index (χ3v) is 10.4. The highest BCUT2D eigenvalue weighted by molar-refractivity contribution is 14.1. The smallest absolute Gasteiger partial charge is 0.271 e. The highest BCUT2D eigenvalue weighted by atomic mass is 127. The van der Waals surface area contributed by atoms with Crippen molar-refractivity contribution in [2.24, 2.45) is 4.99 Å². The molecule has 0 saturated heterocycles. The van der Waals surface area contributed by atoms with Gasteiger partial charge in [-0.2, -0.15) is 0 Å². The van der Waals surface area contributed by atoms with Crippen LogP contribution in [0.3, 0.4) is 0 Å². The van der Waals surface area contributed by atoms with E-state index in [4.69, 9.17) is 9.73 Å². The molecule has 5 aromatic rings. The van der Waals surface area contributed by atoms with Crippen LogP contribution >= 0.6 is 56.5 Å². The maximum atomic E-state index is 14.1. The first kappa shape index (κ1) is 29.1. The number of aromatic nitrogens is 1. The van der Waals surface area contributed by atoms with E-state index in [0.717, 1.165) is 47.3 Å². The van der Waals surface area contributed by atoms with Gasteiger partial charge in [0.25, 0.3) is 11.2 Å². The van der Waals surface area contributed by atoms with Gasteiger partial charge in [-0.25, -0.2) is 4.99 Å². The Morgan fingerprint density at radius 3 is 2.50 bits per heavy atom. The minimum absolute atomic E-state index is 0.00119. The second-order valence-electron chi connectivity index (χ2n) is 10.6. The largest absolute Gasteiger partial charge is 0.487 e. The third kappa shape index (κ3) is 5.43. The molecule has 4 aromatic carbocycles. The van der Waals surface area contributed by atoms with Crippen molar-refractivity contribution in [3.05, 3.63) is 161 Å². The van der Waals surface area contributed by atoms with E-state index in [1.54, 1.807) is 16.7 Å². The Hall–Kier alpha value is -3.62. The van der Waals surface area contributed by atoms with E-state index in [2.05, 4.69) is 57.3 Å². The normalized spacial score (nSPS) is 15.7. The predicted octanol–water partition coefficient (Wildman–Crippen LogP) is 7.02. The van der Waals surface area contributed by atoms with Crippen molar-refractivity contribution in [1.29, 1.82) is 0 Å². The van der Waals surface area contributed by atoms with Crippen LogP contribution in [0.1, 0.15) is 40.3 Å². The number of nitro benzene ring substituents is 1. The van der Waals surface area contributed by atoms with E-state index < -0.39 is 11.0 Å². The summed E-state index contributed by atoms with van der Waals surface area (Å²) in [5.74, 6) is 0.811. The first-order valence-electron chi connectivity index (χ1n) is 13.9. The molecule has 0 spiro atoms. The summed E-state index contributed by atoms with van der Waals surface area (Å²) in [5, 5.41) is 11.7. The SMILES string of the molecule is O=c1/c(=C\c2cc(I)c(OCc3ccccc3)c(I)c2)sc2n1[C@@H](c1cccc([N+](=O)[O-])c1)C1=C(N=2)c2ccccc2CC1. The number of benzene rings is 4. The average Bonchev–Trinajstić information content (AvgIpc) is 3.34. The van der Waals surface area contributed by atoms with Crippen molar-refractivity contribution >= 4 is 74.0 Å². The molecule has 7 nitrogen and oxygen atoms in total. The summed E-state index contributed by atoms with van der Waals surface area (Å²) in [6.45, 7) is 0.468. The average molecular weight is 823 g/mol. The summed E-state index contributed by atoms with van der Waals surface area (Å²) in [6.07, 6.45) is 3.43. The highest BCUT2D eigenvalue weighted by Gasteiger charge is 2.33. The molecule has 2 aliphatic rings. The lowest BCUT2D eigenvalue weighted by Crippen LogP contribution is -2.38. The van der Waals surface area contributed by atoms with Gasteiger partial charge in [0.05, 0.1) is 28.3 Å². The zero-order chi connectivity index (χ0) is 30.4. The van der Waals surface area contributed by atoms with Crippen LogP contribution in [-0.2, 0) is 13.0 Å². The molecular formula is C34H23I2N3O4S. The molecule has 10 heteroatoms. The molecule has 1 atom stereocenters. The number of nitrogens with zero attached hydrogens (tertiary/aromatic N) is 3. The molecule has 0 fully saturated rings. The molecule has 218 valence electrons. The van der Waals surface area contributed by atoms with Crippen LogP contribution < -0.4 is 19.6 Å². The van der Waals surface area contributed by atoms with Crippen LogP contribution in [0.25, 0.3) is 11.8 Å². The van der Waals surface area contributed by atoms with Crippen LogP contribution in [-0.4, -0.2) is 9.49 Å². The van der Waals surface area contributed by atoms with Crippen molar-refractivity contribution in [1.82, 2.24) is 4.57 Å². The van der Waals surface area contributed by atoms with E-state index >= 15 is 0 Å². The van der Waals surface area contributed by atoms with Gasteiger partial charge in [-0.1, -0.05) is 78.1 Å². The summed E-state index contributed by atoms with van der Waals surface area (Å²) >= 11 is 5.89.